The molecule has 1 amide bonds. The molecule has 4 nitrogen and oxygen atoms in total. The number of hydrogen-bond acceptors (Lipinski definition) is 3. The standard InChI is InChI=1S/C24H18ClNO3/c1-12-10-13(2)19(14(3)11-12)24(29)26-18-9-8-17(25)20-21(18)23(28)16-7-5-4-6-15(16)22(20)27/h4-11H,1-3H3,(H,26,29). The first-order valence-corrected chi connectivity index (χ1v) is 9.57. The first kappa shape index (κ1) is 19.1. The Labute approximate surface area is 173 Å². The summed E-state index contributed by atoms with van der Waals surface area (Å²) in [6.45, 7) is 5.72. The van der Waals surface area contributed by atoms with Gasteiger partial charge in [-0.15, -0.1) is 0 Å². The van der Waals surface area contributed by atoms with Gasteiger partial charge in [0, 0.05) is 16.7 Å². The van der Waals surface area contributed by atoms with Crippen LogP contribution in [0.15, 0.2) is 48.5 Å². The van der Waals surface area contributed by atoms with Crippen molar-refractivity contribution >= 4 is 34.8 Å². The summed E-state index contributed by atoms with van der Waals surface area (Å²) in [6, 6.07) is 13.6. The van der Waals surface area contributed by atoms with Gasteiger partial charge in [0.05, 0.1) is 21.8 Å². The fraction of sp³-hybridized carbons (Fsp3) is 0.125. The molecule has 29 heavy (non-hydrogen) atoms. The maximum absolute atomic E-state index is 13.2. The third kappa shape index (κ3) is 3.06. The van der Waals surface area contributed by atoms with Crippen molar-refractivity contribution in [2.24, 2.45) is 0 Å². The van der Waals surface area contributed by atoms with E-state index in [1.807, 2.05) is 32.9 Å². The van der Waals surface area contributed by atoms with Gasteiger partial charge in [-0.05, 0) is 44.0 Å². The molecule has 0 aliphatic heterocycles. The van der Waals surface area contributed by atoms with Crippen LogP contribution in [0.3, 0.4) is 0 Å². The molecular weight excluding hydrogens is 386 g/mol. The van der Waals surface area contributed by atoms with Crippen molar-refractivity contribution in [3.63, 3.8) is 0 Å². The lowest BCUT2D eigenvalue weighted by molar-refractivity contribution is 0.0978. The van der Waals surface area contributed by atoms with E-state index in [2.05, 4.69) is 5.32 Å². The van der Waals surface area contributed by atoms with E-state index < -0.39 is 0 Å². The van der Waals surface area contributed by atoms with Crippen molar-refractivity contribution in [1.29, 1.82) is 0 Å². The zero-order valence-electron chi connectivity index (χ0n) is 16.2. The van der Waals surface area contributed by atoms with Gasteiger partial charge in [0.25, 0.3) is 5.91 Å². The summed E-state index contributed by atoms with van der Waals surface area (Å²) in [5, 5.41) is 3.01. The Morgan fingerprint density at radius 2 is 1.38 bits per heavy atom. The van der Waals surface area contributed by atoms with Gasteiger partial charge >= 0.3 is 0 Å². The van der Waals surface area contributed by atoms with Gasteiger partial charge in [-0.1, -0.05) is 53.6 Å². The molecule has 0 saturated heterocycles. The minimum absolute atomic E-state index is 0.130. The number of aryl methyl sites for hydroxylation is 3. The van der Waals surface area contributed by atoms with Gasteiger partial charge in [-0.2, -0.15) is 0 Å². The maximum Gasteiger partial charge on any atom is 0.256 e. The number of carbonyl (C=O) groups excluding carboxylic acids is 3. The first-order valence-electron chi connectivity index (χ1n) is 9.19. The molecule has 0 heterocycles. The maximum atomic E-state index is 13.2. The van der Waals surface area contributed by atoms with Gasteiger partial charge in [0.1, 0.15) is 0 Å². The number of rotatable bonds is 2. The minimum atomic E-state index is -0.330. The fourth-order valence-corrected chi connectivity index (χ4v) is 4.25. The van der Waals surface area contributed by atoms with Crippen LogP contribution in [0.2, 0.25) is 5.02 Å². The van der Waals surface area contributed by atoms with Gasteiger partial charge in [0.2, 0.25) is 0 Å². The summed E-state index contributed by atoms with van der Waals surface area (Å²) in [6.07, 6.45) is 0. The topological polar surface area (TPSA) is 63.2 Å². The Morgan fingerprint density at radius 3 is 1.97 bits per heavy atom. The highest BCUT2D eigenvalue weighted by Gasteiger charge is 2.34. The zero-order chi connectivity index (χ0) is 20.9. The highest BCUT2D eigenvalue weighted by Crippen LogP contribution is 2.36. The number of ketones is 2. The van der Waals surface area contributed by atoms with E-state index in [4.69, 9.17) is 11.6 Å². The van der Waals surface area contributed by atoms with Crippen LogP contribution in [0.1, 0.15) is 58.9 Å². The Balaban J connectivity index is 1.83. The van der Waals surface area contributed by atoms with E-state index in [0.717, 1.165) is 16.7 Å². The quantitative estimate of drug-likeness (QED) is 0.494. The molecule has 3 aromatic carbocycles. The second-order valence-corrected chi connectivity index (χ2v) is 7.68. The van der Waals surface area contributed by atoms with E-state index in [0.29, 0.717) is 16.7 Å². The number of anilines is 1. The number of carbonyl (C=O) groups is 3. The van der Waals surface area contributed by atoms with Gasteiger partial charge in [-0.25, -0.2) is 0 Å². The van der Waals surface area contributed by atoms with E-state index in [9.17, 15) is 14.4 Å². The van der Waals surface area contributed by atoms with Gasteiger partial charge in [-0.3, -0.25) is 14.4 Å². The third-order valence-electron chi connectivity index (χ3n) is 5.18. The normalized spacial score (nSPS) is 12.4. The molecule has 5 heteroatoms. The summed E-state index contributed by atoms with van der Waals surface area (Å²) in [4.78, 5) is 39.2. The lowest BCUT2D eigenvalue weighted by Crippen LogP contribution is -2.24. The molecular formula is C24H18ClNO3. The van der Waals surface area contributed by atoms with Crippen molar-refractivity contribution in [3.8, 4) is 0 Å². The minimum Gasteiger partial charge on any atom is -0.321 e. The molecule has 0 unspecified atom stereocenters. The molecule has 0 radical (unpaired) electrons. The van der Waals surface area contributed by atoms with Crippen LogP contribution in [0.25, 0.3) is 0 Å². The molecule has 1 aliphatic rings. The van der Waals surface area contributed by atoms with Crippen LogP contribution in [0.4, 0.5) is 5.69 Å². The number of hydrogen-bond donors (Lipinski definition) is 1. The van der Waals surface area contributed by atoms with Crippen LogP contribution in [0, 0.1) is 20.8 Å². The highest BCUT2D eigenvalue weighted by molar-refractivity contribution is 6.40. The smallest absolute Gasteiger partial charge is 0.256 e. The molecule has 0 spiro atoms. The monoisotopic (exact) mass is 403 g/mol. The molecule has 0 atom stereocenters. The predicted octanol–water partition coefficient (Wildman–Crippen LogP) is 5.29. The van der Waals surface area contributed by atoms with Crippen molar-refractivity contribution in [2.75, 3.05) is 5.32 Å². The molecule has 144 valence electrons. The Bertz CT molecular complexity index is 1200. The molecule has 4 rings (SSSR count). The van der Waals surface area contributed by atoms with E-state index in [1.54, 1.807) is 30.3 Å². The van der Waals surface area contributed by atoms with Crippen molar-refractivity contribution < 1.29 is 14.4 Å². The van der Waals surface area contributed by atoms with Crippen LogP contribution < -0.4 is 5.32 Å². The summed E-state index contributed by atoms with van der Waals surface area (Å²) in [5.74, 6) is -0.979. The second-order valence-electron chi connectivity index (χ2n) is 7.28. The molecule has 0 saturated carbocycles. The number of nitrogens with one attached hydrogen (secondary N) is 1. The van der Waals surface area contributed by atoms with Gasteiger partial charge in [0.15, 0.2) is 11.6 Å². The molecule has 0 fully saturated rings. The van der Waals surface area contributed by atoms with Crippen molar-refractivity contribution in [1.82, 2.24) is 0 Å². The number of halogens is 1. The number of fused-ring (bicyclic) bond motifs is 2. The van der Waals surface area contributed by atoms with E-state index >= 15 is 0 Å². The van der Waals surface area contributed by atoms with Crippen molar-refractivity contribution in [3.05, 3.63) is 98.1 Å². The van der Waals surface area contributed by atoms with Crippen molar-refractivity contribution in [2.45, 2.75) is 20.8 Å². The van der Waals surface area contributed by atoms with Crippen LogP contribution in [0.5, 0.6) is 0 Å². The summed E-state index contributed by atoms with van der Waals surface area (Å²) >= 11 is 6.28. The lowest BCUT2D eigenvalue weighted by Gasteiger charge is -2.22. The molecule has 1 N–H and O–H groups in total. The molecule has 0 bridgehead atoms. The summed E-state index contributed by atoms with van der Waals surface area (Å²) in [5.41, 5.74) is 4.48. The Morgan fingerprint density at radius 1 is 0.828 bits per heavy atom. The Kier molecular flexibility index (Phi) is 4.59. The van der Waals surface area contributed by atoms with Crippen LogP contribution in [-0.2, 0) is 0 Å². The van der Waals surface area contributed by atoms with E-state index in [-0.39, 0.29) is 39.3 Å². The lowest BCUT2D eigenvalue weighted by atomic mass is 9.83. The molecule has 3 aromatic rings. The molecule has 1 aliphatic carbocycles. The highest BCUT2D eigenvalue weighted by atomic mass is 35.5. The van der Waals surface area contributed by atoms with Gasteiger partial charge < -0.3 is 5.32 Å². The average Bonchev–Trinajstić information content (AvgIpc) is 2.66. The predicted molar refractivity (Wildman–Crippen MR) is 113 cm³/mol. The van der Waals surface area contributed by atoms with Crippen LogP contribution in [-0.4, -0.2) is 17.5 Å². The SMILES string of the molecule is Cc1cc(C)c(C(=O)Nc2ccc(Cl)c3c2C(=O)c2ccccc2C3=O)c(C)c1. The fourth-order valence-electron chi connectivity index (χ4n) is 4.01. The summed E-state index contributed by atoms with van der Waals surface area (Å²) < 4.78 is 0. The Hall–Kier alpha value is -3.24. The number of benzene rings is 3. The molecule has 0 aromatic heterocycles. The zero-order valence-corrected chi connectivity index (χ0v) is 17.0. The largest absolute Gasteiger partial charge is 0.321 e. The van der Waals surface area contributed by atoms with Crippen LogP contribution >= 0.6 is 11.6 Å². The average molecular weight is 404 g/mol. The second kappa shape index (κ2) is 6.98. The first-order chi connectivity index (χ1) is 13.8. The van der Waals surface area contributed by atoms with E-state index in [1.165, 1.54) is 6.07 Å². The number of amides is 1. The third-order valence-corrected chi connectivity index (χ3v) is 5.49. The summed E-state index contributed by atoms with van der Waals surface area (Å²) in [7, 11) is 0.